The van der Waals surface area contributed by atoms with Gasteiger partial charge in [-0.2, -0.15) is 0 Å². The smallest absolute Gasteiger partial charge is 0.321 e. The summed E-state index contributed by atoms with van der Waals surface area (Å²) in [4.78, 5) is 26.9. The minimum absolute atomic E-state index is 0.0212. The van der Waals surface area contributed by atoms with Gasteiger partial charge in [-0.15, -0.1) is 0 Å². The van der Waals surface area contributed by atoms with Crippen molar-refractivity contribution in [3.63, 3.8) is 0 Å². The molecule has 1 unspecified atom stereocenters. The zero-order chi connectivity index (χ0) is 21.0. The van der Waals surface area contributed by atoms with Crippen molar-refractivity contribution in [3.05, 3.63) is 59.4 Å². The van der Waals surface area contributed by atoms with E-state index < -0.39 is 0 Å². The lowest BCUT2D eigenvalue weighted by molar-refractivity contribution is -0.121. The first kappa shape index (κ1) is 20.8. The maximum atomic E-state index is 13.0. The van der Waals surface area contributed by atoms with Crippen LogP contribution in [0.2, 0.25) is 0 Å². The number of anilines is 2. The number of urea groups is 1. The van der Waals surface area contributed by atoms with Crippen LogP contribution in [0.3, 0.4) is 0 Å². The van der Waals surface area contributed by atoms with Crippen LogP contribution in [0.25, 0.3) is 0 Å². The second-order valence-corrected chi connectivity index (χ2v) is 7.86. The largest absolute Gasteiger partial charge is 0.326 e. The number of benzene rings is 2. The van der Waals surface area contributed by atoms with Crippen molar-refractivity contribution in [2.45, 2.75) is 33.6 Å². The zero-order valence-electron chi connectivity index (χ0n) is 17.2. The highest BCUT2D eigenvalue weighted by Crippen LogP contribution is 2.27. The number of nitrogens with zero attached hydrogens (tertiary/aromatic N) is 1. The molecular formula is C23H28FN3O2. The standard InChI is InChI=1S/C23H28FN3O2/c1-15-4-5-16(2)21(14-15)26-22(28)17(3)18-10-12-27(13-11-18)23(29)25-20-8-6-19(24)7-9-20/h4-9,14,17-18H,10-13H2,1-3H3,(H,25,29)(H,26,28). The molecule has 1 aliphatic rings. The fourth-order valence-electron chi connectivity index (χ4n) is 3.67. The molecule has 2 aromatic carbocycles. The average Bonchev–Trinajstić information content (AvgIpc) is 2.72. The number of aryl methyl sites for hydroxylation is 2. The monoisotopic (exact) mass is 397 g/mol. The number of halogens is 1. The van der Waals surface area contributed by atoms with Gasteiger partial charge in [-0.05, 0) is 74.1 Å². The molecule has 3 amide bonds. The number of likely N-dealkylation sites (tertiary alicyclic amines) is 1. The molecule has 0 aromatic heterocycles. The second-order valence-electron chi connectivity index (χ2n) is 7.86. The molecule has 0 spiro atoms. The number of hydrogen-bond acceptors (Lipinski definition) is 2. The number of amides is 3. The van der Waals surface area contributed by atoms with Crippen LogP contribution in [-0.4, -0.2) is 29.9 Å². The summed E-state index contributed by atoms with van der Waals surface area (Å²) in [5.41, 5.74) is 3.58. The van der Waals surface area contributed by atoms with Gasteiger partial charge >= 0.3 is 6.03 Å². The Hall–Kier alpha value is -2.89. The van der Waals surface area contributed by atoms with Crippen LogP contribution in [-0.2, 0) is 4.79 Å². The molecule has 0 bridgehead atoms. The summed E-state index contributed by atoms with van der Waals surface area (Å²) in [6.45, 7) is 7.14. The molecule has 1 aliphatic heterocycles. The molecule has 1 heterocycles. The van der Waals surface area contributed by atoms with E-state index in [9.17, 15) is 14.0 Å². The fraction of sp³-hybridized carbons (Fsp3) is 0.391. The quantitative estimate of drug-likeness (QED) is 0.766. The first-order chi connectivity index (χ1) is 13.8. The number of rotatable bonds is 4. The molecule has 0 saturated carbocycles. The molecule has 3 rings (SSSR count). The van der Waals surface area contributed by atoms with Crippen LogP contribution >= 0.6 is 0 Å². The summed E-state index contributed by atoms with van der Waals surface area (Å²) in [5, 5.41) is 5.85. The molecule has 1 fully saturated rings. The summed E-state index contributed by atoms with van der Waals surface area (Å²) in [5.74, 6) is -0.211. The lowest BCUT2D eigenvalue weighted by atomic mass is 9.85. The van der Waals surface area contributed by atoms with Gasteiger partial charge < -0.3 is 15.5 Å². The number of hydrogen-bond donors (Lipinski definition) is 2. The summed E-state index contributed by atoms with van der Waals surface area (Å²) >= 11 is 0. The Morgan fingerprint density at radius 2 is 1.69 bits per heavy atom. The van der Waals surface area contributed by atoms with Gasteiger partial charge in [0.15, 0.2) is 0 Å². The van der Waals surface area contributed by atoms with Crippen LogP contribution in [0.15, 0.2) is 42.5 Å². The van der Waals surface area contributed by atoms with Crippen LogP contribution in [0.1, 0.15) is 30.9 Å². The normalized spacial score (nSPS) is 15.7. The van der Waals surface area contributed by atoms with E-state index in [1.165, 1.54) is 12.1 Å². The molecule has 1 saturated heterocycles. The molecule has 5 nitrogen and oxygen atoms in total. The van der Waals surface area contributed by atoms with E-state index in [0.717, 1.165) is 29.7 Å². The zero-order valence-corrected chi connectivity index (χ0v) is 17.2. The summed E-state index contributed by atoms with van der Waals surface area (Å²) < 4.78 is 13.0. The number of carbonyl (C=O) groups excluding carboxylic acids is 2. The molecular weight excluding hydrogens is 369 g/mol. The SMILES string of the molecule is Cc1ccc(C)c(NC(=O)C(C)C2CCN(C(=O)Nc3ccc(F)cc3)CC2)c1. The molecule has 1 atom stereocenters. The molecule has 2 aromatic rings. The molecule has 0 aliphatic carbocycles. The highest BCUT2D eigenvalue weighted by molar-refractivity contribution is 5.93. The first-order valence-electron chi connectivity index (χ1n) is 10.0. The molecule has 154 valence electrons. The van der Waals surface area contributed by atoms with Crippen molar-refractivity contribution in [2.24, 2.45) is 11.8 Å². The van der Waals surface area contributed by atoms with Gasteiger partial charge in [0.2, 0.25) is 5.91 Å². The van der Waals surface area contributed by atoms with Crippen LogP contribution in [0.4, 0.5) is 20.6 Å². The van der Waals surface area contributed by atoms with Crippen LogP contribution < -0.4 is 10.6 Å². The van der Waals surface area contributed by atoms with E-state index in [4.69, 9.17) is 0 Å². The van der Waals surface area contributed by atoms with Gasteiger partial charge in [-0.25, -0.2) is 9.18 Å². The lowest BCUT2D eigenvalue weighted by Crippen LogP contribution is -2.43. The third-order valence-electron chi connectivity index (χ3n) is 5.69. The Kier molecular flexibility index (Phi) is 6.52. The summed E-state index contributed by atoms with van der Waals surface area (Å²) in [6, 6.07) is 11.6. The van der Waals surface area contributed by atoms with Crippen molar-refractivity contribution in [3.8, 4) is 0 Å². The van der Waals surface area contributed by atoms with Crippen molar-refractivity contribution < 1.29 is 14.0 Å². The Bertz CT molecular complexity index is 874. The predicted octanol–water partition coefficient (Wildman–Crippen LogP) is 4.96. The van der Waals surface area contributed by atoms with E-state index >= 15 is 0 Å². The van der Waals surface area contributed by atoms with E-state index in [1.807, 2.05) is 39.0 Å². The van der Waals surface area contributed by atoms with Crippen molar-refractivity contribution in [2.75, 3.05) is 23.7 Å². The molecule has 6 heteroatoms. The van der Waals surface area contributed by atoms with E-state index in [0.29, 0.717) is 18.8 Å². The van der Waals surface area contributed by atoms with E-state index in [1.54, 1.807) is 17.0 Å². The topological polar surface area (TPSA) is 61.4 Å². The molecule has 0 radical (unpaired) electrons. The minimum Gasteiger partial charge on any atom is -0.326 e. The van der Waals surface area contributed by atoms with E-state index in [2.05, 4.69) is 10.6 Å². The Balaban J connectivity index is 1.51. The third kappa shape index (κ3) is 5.34. The predicted molar refractivity (Wildman–Crippen MR) is 113 cm³/mol. The van der Waals surface area contributed by atoms with Crippen LogP contribution in [0.5, 0.6) is 0 Å². The van der Waals surface area contributed by atoms with Gasteiger partial charge in [0, 0.05) is 30.4 Å². The fourth-order valence-corrected chi connectivity index (χ4v) is 3.67. The molecule has 2 N–H and O–H groups in total. The van der Waals surface area contributed by atoms with Crippen LogP contribution in [0, 0.1) is 31.5 Å². The molecule has 29 heavy (non-hydrogen) atoms. The maximum Gasteiger partial charge on any atom is 0.321 e. The minimum atomic E-state index is -0.336. The maximum absolute atomic E-state index is 13.0. The second kappa shape index (κ2) is 9.07. The van der Waals surface area contributed by atoms with Gasteiger partial charge in [0.25, 0.3) is 0 Å². The number of carbonyl (C=O) groups is 2. The van der Waals surface area contributed by atoms with Crippen molar-refractivity contribution in [1.82, 2.24) is 4.90 Å². The van der Waals surface area contributed by atoms with Crippen molar-refractivity contribution in [1.29, 1.82) is 0 Å². The Morgan fingerprint density at radius 1 is 1.03 bits per heavy atom. The van der Waals surface area contributed by atoms with Gasteiger partial charge in [-0.1, -0.05) is 19.1 Å². The first-order valence-corrected chi connectivity index (χ1v) is 10.0. The number of nitrogens with one attached hydrogen (secondary N) is 2. The average molecular weight is 397 g/mol. The van der Waals surface area contributed by atoms with Crippen molar-refractivity contribution >= 4 is 23.3 Å². The van der Waals surface area contributed by atoms with Gasteiger partial charge in [-0.3, -0.25) is 4.79 Å². The Morgan fingerprint density at radius 3 is 2.34 bits per heavy atom. The summed E-state index contributed by atoms with van der Waals surface area (Å²) in [7, 11) is 0. The summed E-state index contributed by atoms with van der Waals surface area (Å²) in [6.07, 6.45) is 1.55. The lowest BCUT2D eigenvalue weighted by Gasteiger charge is -2.34. The van der Waals surface area contributed by atoms with E-state index in [-0.39, 0.29) is 29.6 Å². The third-order valence-corrected chi connectivity index (χ3v) is 5.69. The van der Waals surface area contributed by atoms with Gasteiger partial charge in [0.05, 0.1) is 0 Å². The highest BCUT2D eigenvalue weighted by atomic mass is 19.1. The van der Waals surface area contributed by atoms with Gasteiger partial charge in [0.1, 0.15) is 5.82 Å². The highest BCUT2D eigenvalue weighted by Gasteiger charge is 2.30. The number of piperidine rings is 1. The Labute approximate surface area is 171 Å².